The van der Waals surface area contributed by atoms with Crippen molar-refractivity contribution in [1.82, 2.24) is 19.4 Å². The molecule has 0 spiro atoms. The molecular weight excluding hydrogens is 302 g/mol. The lowest BCUT2D eigenvalue weighted by molar-refractivity contribution is -0.132. The number of hydrogen-bond donors (Lipinski definition) is 0. The van der Waals surface area contributed by atoms with E-state index in [9.17, 15) is 4.79 Å². The minimum absolute atomic E-state index is 0.125. The summed E-state index contributed by atoms with van der Waals surface area (Å²) in [6.07, 6.45) is 5.69. The lowest BCUT2D eigenvalue weighted by Crippen LogP contribution is -2.49. The molecule has 1 aliphatic heterocycles. The van der Waals surface area contributed by atoms with Crippen LogP contribution in [0.4, 0.5) is 5.82 Å². The van der Waals surface area contributed by atoms with Crippen molar-refractivity contribution in [3.8, 4) is 0 Å². The molecule has 0 radical (unpaired) electrons. The molecule has 2 aromatic rings. The Morgan fingerprint density at radius 3 is 2.92 bits per heavy atom. The van der Waals surface area contributed by atoms with Gasteiger partial charge in [0.15, 0.2) is 0 Å². The van der Waals surface area contributed by atoms with Gasteiger partial charge >= 0.3 is 0 Å². The topological polar surface area (TPSA) is 54.3 Å². The molecule has 0 saturated carbocycles. The van der Waals surface area contributed by atoms with Gasteiger partial charge in [0.05, 0.1) is 0 Å². The average Bonchev–Trinajstić information content (AvgIpc) is 2.99. The first-order chi connectivity index (χ1) is 11.5. The number of carbonyl (C=O) groups is 1. The monoisotopic (exact) mass is 327 g/mol. The Bertz CT molecular complexity index is 711. The van der Waals surface area contributed by atoms with Gasteiger partial charge in [0.2, 0.25) is 5.91 Å². The fourth-order valence-corrected chi connectivity index (χ4v) is 3.22. The maximum Gasteiger partial charge on any atom is 0.242 e. The third-order valence-corrected chi connectivity index (χ3v) is 4.76. The quantitative estimate of drug-likeness (QED) is 0.862. The number of anilines is 1. The van der Waals surface area contributed by atoms with Gasteiger partial charge < -0.3 is 14.4 Å². The van der Waals surface area contributed by atoms with Gasteiger partial charge in [-0.25, -0.2) is 9.97 Å². The Balaban J connectivity index is 1.65. The Kier molecular flexibility index (Phi) is 4.83. The van der Waals surface area contributed by atoms with E-state index in [-0.39, 0.29) is 11.9 Å². The zero-order valence-electron chi connectivity index (χ0n) is 14.6. The first-order valence-corrected chi connectivity index (χ1v) is 8.46. The fraction of sp³-hybridized carbons (Fsp3) is 0.500. The van der Waals surface area contributed by atoms with E-state index in [4.69, 9.17) is 0 Å². The number of rotatable bonds is 4. The molecule has 1 fully saturated rings. The van der Waals surface area contributed by atoms with Crippen LogP contribution in [-0.2, 0) is 11.3 Å². The van der Waals surface area contributed by atoms with Gasteiger partial charge in [-0.2, -0.15) is 0 Å². The first-order valence-electron chi connectivity index (χ1n) is 8.46. The van der Waals surface area contributed by atoms with Crippen LogP contribution in [0.1, 0.15) is 24.4 Å². The largest absolute Gasteiger partial charge is 0.355 e. The van der Waals surface area contributed by atoms with Crippen molar-refractivity contribution in [1.29, 1.82) is 0 Å². The second-order valence-corrected chi connectivity index (χ2v) is 6.49. The number of amides is 1. The lowest BCUT2D eigenvalue weighted by Gasteiger charge is -2.38. The van der Waals surface area contributed by atoms with E-state index < -0.39 is 0 Å². The van der Waals surface area contributed by atoms with Crippen molar-refractivity contribution in [2.24, 2.45) is 0 Å². The van der Waals surface area contributed by atoms with Gasteiger partial charge in [0, 0.05) is 44.3 Å². The Labute approximate surface area is 143 Å². The minimum atomic E-state index is 0.125. The molecule has 1 saturated heterocycles. The number of aryl methyl sites for hydroxylation is 2. The molecule has 6 nitrogen and oxygen atoms in total. The Hall–Kier alpha value is -2.37. The highest BCUT2D eigenvalue weighted by Crippen LogP contribution is 2.21. The van der Waals surface area contributed by atoms with Crippen LogP contribution in [0.25, 0.3) is 0 Å². The molecule has 1 aliphatic rings. The van der Waals surface area contributed by atoms with Crippen molar-refractivity contribution >= 4 is 11.7 Å². The number of aromatic nitrogens is 3. The predicted octanol–water partition coefficient (Wildman–Crippen LogP) is 2.02. The average molecular weight is 327 g/mol. The highest BCUT2D eigenvalue weighted by Gasteiger charge is 2.27. The highest BCUT2D eigenvalue weighted by molar-refractivity contribution is 5.76. The number of nitrogens with zero attached hydrogens (tertiary/aromatic N) is 5. The molecule has 0 N–H and O–H groups in total. The minimum Gasteiger partial charge on any atom is -0.355 e. The van der Waals surface area contributed by atoms with Gasteiger partial charge in [0.1, 0.15) is 18.2 Å². The molecule has 3 heterocycles. The summed E-state index contributed by atoms with van der Waals surface area (Å²) >= 11 is 0. The van der Waals surface area contributed by atoms with Crippen molar-refractivity contribution in [2.75, 3.05) is 25.0 Å². The number of likely N-dealkylation sites (N-methyl/N-ethyl adjacent to an activating group) is 1. The van der Waals surface area contributed by atoms with E-state index in [1.54, 1.807) is 6.20 Å². The fourth-order valence-electron chi connectivity index (χ4n) is 3.22. The van der Waals surface area contributed by atoms with Gasteiger partial charge in [0.25, 0.3) is 0 Å². The van der Waals surface area contributed by atoms with Crippen LogP contribution in [0, 0.1) is 13.8 Å². The number of imidazole rings is 1. The molecule has 0 aliphatic carbocycles. The molecule has 3 rings (SSSR count). The summed E-state index contributed by atoms with van der Waals surface area (Å²) in [7, 11) is 1.91. The van der Waals surface area contributed by atoms with E-state index in [2.05, 4.69) is 14.9 Å². The summed E-state index contributed by atoms with van der Waals surface area (Å²) in [5.41, 5.74) is 1.02. The summed E-state index contributed by atoms with van der Waals surface area (Å²) < 4.78 is 1.89. The Morgan fingerprint density at radius 2 is 2.21 bits per heavy atom. The molecule has 1 amide bonds. The van der Waals surface area contributed by atoms with E-state index in [0.29, 0.717) is 6.54 Å². The zero-order valence-corrected chi connectivity index (χ0v) is 14.6. The Morgan fingerprint density at radius 1 is 1.38 bits per heavy atom. The second kappa shape index (κ2) is 7.03. The molecule has 0 aromatic carbocycles. The van der Waals surface area contributed by atoms with Gasteiger partial charge in [-0.1, -0.05) is 6.07 Å². The van der Waals surface area contributed by atoms with E-state index in [1.165, 1.54) is 0 Å². The summed E-state index contributed by atoms with van der Waals surface area (Å²) in [6.45, 7) is 6.10. The van der Waals surface area contributed by atoms with Crippen LogP contribution in [0.2, 0.25) is 0 Å². The number of carbonyl (C=O) groups excluding carboxylic acids is 1. The van der Waals surface area contributed by atoms with Crippen molar-refractivity contribution in [3.05, 3.63) is 42.1 Å². The maximum atomic E-state index is 12.6. The first kappa shape index (κ1) is 16.5. The molecule has 0 bridgehead atoms. The van der Waals surface area contributed by atoms with Crippen molar-refractivity contribution in [3.63, 3.8) is 0 Å². The lowest BCUT2D eigenvalue weighted by atomic mass is 10.0. The molecule has 6 heteroatoms. The van der Waals surface area contributed by atoms with Crippen LogP contribution in [0.15, 0.2) is 30.6 Å². The molecule has 1 atom stereocenters. The predicted molar refractivity (Wildman–Crippen MR) is 93.9 cm³/mol. The molecule has 0 unspecified atom stereocenters. The van der Waals surface area contributed by atoms with Gasteiger partial charge in [-0.05, 0) is 38.8 Å². The van der Waals surface area contributed by atoms with E-state index in [1.807, 2.05) is 54.8 Å². The third-order valence-electron chi connectivity index (χ3n) is 4.76. The normalized spacial score (nSPS) is 17.8. The highest BCUT2D eigenvalue weighted by atomic mass is 16.2. The van der Waals surface area contributed by atoms with E-state index >= 15 is 0 Å². The summed E-state index contributed by atoms with van der Waals surface area (Å²) in [6, 6.07) is 6.32. The molecule has 128 valence electrons. The second-order valence-electron chi connectivity index (χ2n) is 6.49. The molecule has 24 heavy (non-hydrogen) atoms. The van der Waals surface area contributed by atoms with Crippen LogP contribution in [0.3, 0.4) is 0 Å². The standard InChI is InChI=1S/C18H25N5O/c1-14-6-4-8-17(20-14)23-10-5-7-16(12-23)21(3)18(24)13-22-11-9-19-15(22)2/h4,6,8-9,11,16H,5,7,10,12-13H2,1-3H3/t16-/m1/s1. The van der Waals surface area contributed by atoms with Gasteiger partial charge in [-0.3, -0.25) is 4.79 Å². The summed E-state index contributed by atoms with van der Waals surface area (Å²) in [5.74, 6) is 2.00. The number of hydrogen-bond acceptors (Lipinski definition) is 4. The van der Waals surface area contributed by atoms with E-state index in [0.717, 1.165) is 43.3 Å². The SMILES string of the molecule is Cc1cccc(N2CCC[C@@H](N(C)C(=O)Cn3ccnc3C)C2)n1. The number of piperidine rings is 1. The smallest absolute Gasteiger partial charge is 0.242 e. The molecular formula is C18H25N5O. The third kappa shape index (κ3) is 3.58. The van der Waals surface area contributed by atoms with Crippen LogP contribution in [0.5, 0.6) is 0 Å². The zero-order chi connectivity index (χ0) is 17.1. The number of pyridine rings is 1. The summed E-state index contributed by atoms with van der Waals surface area (Å²) in [4.78, 5) is 25.6. The van der Waals surface area contributed by atoms with Crippen LogP contribution in [-0.4, -0.2) is 51.5 Å². The van der Waals surface area contributed by atoms with Gasteiger partial charge in [-0.15, -0.1) is 0 Å². The summed E-state index contributed by atoms with van der Waals surface area (Å²) in [5, 5.41) is 0. The molecule has 2 aromatic heterocycles. The van der Waals surface area contributed by atoms with Crippen molar-refractivity contribution < 1.29 is 4.79 Å². The van der Waals surface area contributed by atoms with Crippen molar-refractivity contribution in [2.45, 2.75) is 39.3 Å². The van der Waals surface area contributed by atoms with Crippen LogP contribution < -0.4 is 4.90 Å². The van der Waals surface area contributed by atoms with Crippen LogP contribution >= 0.6 is 0 Å². The maximum absolute atomic E-state index is 12.6.